The first-order valence-electron chi connectivity index (χ1n) is 3.58. The smallest absolute Gasteiger partial charge is 0.238 e. The van der Waals surface area contributed by atoms with Gasteiger partial charge in [0.2, 0.25) is 5.91 Å². The first kappa shape index (κ1) is 9.95. The third kappa shape index (κ3) is 2.68. The molecule has 3 nitrogen and oxygen atoms in total. The van der Waals surface area contributed by atoms with E-state index in [4.69, 9.17) is 17.3 Å². The predicted molar refractivity (Wildman–Crippen MR) is 49.1 cm³/mol. The van der Waals surface area contributed by atoms with Crippen molar-refractivity contribution >= 4 is 23.2 Å². The van der Waals surface area contributed by atoms with Crippen molar-refractivity contribution in [2.45, 2.75) is 0 Å². The van der Waals surface area contributed by atoms with E-state index in [1.54, 1.807) is 0 Å². The van der Waals surface area contributed by atoms with Gasteiger partial charge in [-0.05, 0) is 18.2 Å². The Kier molecular flexibility index (Phi) is 3.22. The Morgan fingerprint density at radius 3 is 2.92 bits per heavy atom. The molecule has 5 heteroatoms. The Labute approximate surface area is 79.7 Å². The second kappa shape index (κ2) is 4.20. The van der Waals surface area contributed by atoms with Gasteiger partial charge in [0.15, 0.2) is 0 Å². The summed E-state index contributed by atoms with van der Waals surface area (Å²) >= 11 is 5.59. The number of halogens is 2. The lowest BCUT2D eigenvalue weighted by Gasteiger charge is -2.04. The van der Waals surface area contributed by atoms with E-state index < -0.39 is 11.7 Å². The van der Waals surface area contributed by atoms with Crippen LogP contribution in [0.2, 0.25) is 5.02 Å². The average Bonchev–Trinajstić information content (AvgIpc) is 2.11. The van der Waals surface area contributed by atoms with Crippen molar-refractivity contribution in [1.29, 1.82) is 0 Å². The normalized spacial score (nSPS) is 9.77. The Hall–Kier alpha value is -1.13. The zero-order valence-corrected chi connectivity index (χ0v) is 7.44. The maximum absolute atomic E-state index is 13.0. The lowest BCUT2D eigenvalue weighted by molar-refractivity contribution is -0.114. The Balaban J connectivity index is 2.87. The van der Waals surface area contributed by atoms with Gasteiger partial charge in [0.1, 0.15) is 5.82 Å². The van der Waals surface area contributed by atoms with Crippen LogP contribution < -0.4 is 11.1 Å². The van der Waals surface area contributed by atoms with E-state index in [2.05, 4.69) is 5.32 Å². The highest BCUT2D eigenvalue weighted by Gasteiger charge is 2.05. The summed E-state index contributed by atoms with van der Waals surface area (Å²) in [6.07, 6.45) is 0. The molecule has 0 saturated carbocycles. The van der Waals surface area contributed by atoms with Crippen LogP contribution in [0.15, 0.2) is 18.2 Å². The number of rotatable bonds is 2. The van der Waals surface area contributed by atoms with Gasteiger partial charge in [0.25, 0.3) is 0 Å². The molecule has 3 N–H and O–H groups in total. The largest absolute Gasteiger partial charge is 0.322 e. The average molecular weight is 203 g/mol. The number of amides is 1. The van der Waals surface area contributed by atoms with Crippen molar-refractivity contribution in [1.82, 2.24) is 0 Å². The highest BCUT2D eigenvalue weighted by Crippen LogP contribution is 2.19. The minimum absolute atomic E-state index is 0.0444. The standard InChI is InChI=1S/C8H8ClFN2O/c9-5-1-2-6(10)7(3-5)12-8(13)4-11/h1-3H,4,11H2,(H,12,13). The Bertz CT molecular complexity index is 330. The number of anilines is 1. The molecule has 0 aliphatic carbocycles. The van der Waals surface area contributed by atoms with Crippen LogP contribution in [0.4, 0.5) is 10.1 Å². The first-order chi connectivity index (χ1) is 6.13. The van der Waals surface area contributed by atoms with E-state index in [0.717, 1.165) is 0 Å². The van der Waals surface area contributed by atoms with E-state index in [0.29, 0.717) is 5.02 Å². The summed E-state index contributed by atoms with van der Waals surface area (Å²) in [7, 11) is 0. The second-order valence-electron chi connectivity index (χ2n) is 2.38. The number of nitrogens with two attached hydrogens (primary N) is 1. The summed E-state index contributed by atoms with van der Waals surface area (Å²) in [6, 6.07) is 3.90. The fourth-order valence-corrected chi connectivity index (χ4v) is 0.967. The fraction of sp³-hybridized carbons (Fsp3) is 0.125. The van der Waals surface area contributed by atoms with E-state index in [1.807, 2.05) is 0 Å². The molecule has 1 aromatic carbocycles. The van der Waals surface area contributed by atoms with Gasteiger partial charge in [-0.25, -0.2) is 4.39 Å². The Morgan fingerprint density at radius 2 is 2.31 bits per heavy atom. The summed E-state index contributed by atoms with van der Waals surface area (Å²) < 4.78 is 13.0. The van der Waals surface area contributed by atoms with Gasteiger partial charge in [-0.15, -0.1) is 0 Å². The SMILES string of the molecule is NCC(=O)Nc1cc(Cl)ccc1F. The van der Waals surface area contributed by atoms with Gasteiger partial charge in [0.05, 0.1) is 12.2 Å². The number of carbonyl (C=O) groups is 1. The molecular weight excluding hydrogens is 195 g/mol. The van der Waals surface area contributed by atoms with E-state index in [9.17, 15) is 9.18 Å². The van der Waals surface area contributed by atoms with Crippen LogP contribution in [-0.4, -0.2) is 12.5 Å². The van der Waals surface area contributed by atoms with Gasteiger partial charge in [-0.2, -0.15) is 0 Å². The Morgan fingerprint density at radius 1 is 1.62 bits per heavy atom. The maximum Gasteiger partial charge on any atom is 0.238 e. The van der Waals surface area contributed by atoms with E-state index >= 15 is 0 Å². The minimum atomic E-state index is -0.536. The van der Waals surface area contributed by atoms with Gasteiger partial charge in [0, 0.05) is 5.02 Å². The monoisotopic (exact) mass is 202 g/mol. The zero-order valence-electron chi connectivity index (χ0n) is 6.68. The van der Waals surface area contributed by atoms with Gasteiger partial charge in [-0.3, -0.25) is 4.79 Å². The summed E-state index contributed by atoms with van der Waals surface area (Å²) in [5, 5.41) is 2.63. The molecule has 13 heavy (non-hydrogen) atoms. The predicted octanol–water partition coefficient (Wildman–Crippen LogP) is 1.38. The molecule has 0 aromatic heterocycles. The van der Waals surface area contributed by atoms with Crippen LogP contribution in [0.5, 0.6) is 0 Å². The molecule has 0 radical (unpaired) electrons. The molecule has 0 spiro atoms. The topological polar surface area (TPSA) is 55.1 Å². The quantitative estimate of drug-likeness (QED) is 0.761. The first-order valence-corrected chi connectivity index (χ1v) is 3.96. The summed E-state index contributed by atoms with van der Waals surface area (Å²) in [5.74, 6) is -0.993. The van der Waals surface area contributed by atoms with Crippen molar-refractivity contribution in [3.8, 4) is 0 Å². The number of hydrogen-bond acceptors (Lipinski definition) is 2. The lowest BCUT2D eigenvalue weighted by atomic mass is 10.3. The lowest BCUT2D eigenvalue weighted by Crippen LogP contribution is -2.22. The third-order valence-corrected chi connectivity index (χ3v) is 1.62. The van der Waals surface area contributed by atoms with Crippen molar-refractivity contribution in [3.63, 3.8) is 0 Å². The highest BCUT2D eigenvalue weighted by molar-refractivity contribution is 6.30. The molecule has 0 fully saturated rings. The highest BCUT2D eigenvalue weighted by atomic mass is 35.5. The van der Waals surface area contributed by atoms with Crippen LogP contribution >= 0.6 is 11.6 Å². The molecule has 0 atom stereocenters. The molecule has 0 aliphatic rings. The van der Waals surface area contributed by atoms with E-state index in [-0.39, 0.29) is 12.2 Å². The van der Waals surface area contributed by atoms with Gasteiger partial charge >= 0.3 is 0 Å². The van der Waals surface area contributed by atoms with Crippen molar-refractivity contribution in [2.24, 2.45) is 5.73 Å². The molecular formula is C8H8ClFN2O. The van der Waals surface area contributed by atoms with Crippen LogP contribution in [0, 0.1) is 5.82 Å². The third-order valence-electron chi connectivity index (χ3n) is 1.39. The summed E-state index contributed by atoms with van der Waals surface area (Å²) in [5.41, 5.74) is 5.08. The van der Waals surface area contributed by atoms with Gasteiger partial charge < -0.3 is 11.1 Å². The van der Waals surface area contributed by atoms with Crippen molar-refractivity contribution < 1.29 is 9.18 Å². The fourth-order valence-electron chi connectivity index (χ4n) is 0.795. The van der Waals surface area contributed by atoms with Gasteiger partial charge in [-0.1, -0.05) is 11.6 Å². The zero-order chi connectivity index (χ0) is 9.84. The molecule has 1 aromatic rings. The molecule has 0 heterocycles. The van der Waals surface area contributed by atoms with E-state index in [1.165, 1.54) is 18.2 Å². The number of benzene rings is 1. The van der Waals surface area contributed by atoms with Crippen LogP contribution in [0.25, 0.3) is 0 Å². The number of carbonyl (C=O) groups excluding carboxylic acids is 1. The number of hydrogen-bond donors (Lipinski definition) is 2. The molecule has 1 amide bonds. The maximum atomic E-state index is 13.0. The molecule has 0 saturated heterocycles. The molecule has 70 valence electrons. The molecule has 1 rings (SSSR count). The summed E-state index contributed by atoms with van der Waals surface area (Å²) in [6.45, 7) is -0.189. The number of nitrogens with one attached hydrogen (secondary N) is 1. The summed E-state index contributed by atoms with van der Waals surface area (Å²) in [4.78, 5) is 10.8. The molecule has 0 unspecified atom stereocenters. The van der Waals surface area contributed by atoms with Crippen LogP contribution in [0.3, 0.4) is 0 Å². The molecule has 0 bridgehead atoms. The van der Waals surface area contributed by atoms with Crippen molar-refractivity contribution in [3.05, 3.63) is 29.0 Å². The molecule has 0 aliphatic heterocycles. The van der Waals surface area contributed by atoms with Crippen LogP contribution in [0.1, 0.15) is 0 Å². The van der Waals surface area contributed by atoms with Crippen LogP contribution in [-0.2, 0) is 4.79 Å². The second-order valence-corrected chi connectivity index (χ2v) is 2.81. The van der Waals surface area contributed by atoms with Crippen molar-refractivity contribution in [2.75, 3.05) is 11.9 Å². The minimum Gasteiger partial charge on any atom is -0.322 e.